The Kier molecular flexibility index (Phi) is 3.38. The second kappa shape index (κ2) is 5.43. The Morgan fingerprint density at radius 1 is 1.17 bits per heavy atom. The SMILES string of the molecule is C[C@@H]1Cc2c(Cl)cccc2C(c2cnc3c(F)cccc3c2)=N1. The molecule has 2 aromatic carbocycles. The summed E-state index contributed by atoms with van der Waals surface area (Å²) < 4.78 is 13.8. The number of aromatic nitrogens is 1. The molecular formula is C19H14ClFN2. The highest BCUT2D eigenvalue weighted by Crippen LogP contribution is 2.29. The van der Waals surface area contributed by atoms with Crippen LogP contribution in [0.1, 0.15) is 23.6 Å². The van der Waals surface area contributed by atoms with Crippen LogP contribution in [0, 0.1) is 5.82 Å². The summed E-state index contributed by atoms with van der Waals surface area (Å²) in [4.78, 5) is 9.08. The molecule has 0 fully saturated rings. The number of hydrogen-bond donors (Lipinski definition) is 0. The topological polar surface area (TPSA) is 25.2 Å². The monoisotopic (exact) mass is 324 g/mol. The van der Waals surface area contributed by atoms with Gasteiger partial charge in [0.2, 0.25) is 0 Å². The molecule has 0 aliphatic carbocycles. The van der Waals surface area contributed by atoms with Crippen LogP contribution in [0.5, 0.6) is 0 Å². The van der Waals surface area contributed by atoms with E-state index in [1.54, 1.807) is 12.3 Å². The number of hydrogen-bond acceptors (Lipinski definition) is 2. The molecule has 0 saturated heterocycles. The molecule has 4 rings (SSSR count). The predicted octanol–water partition coefficient (Wildman–Crippen LogP) is 4.81. The molecule has 4 heteroatoms. The van der Waals surface area contributed by atoms with Gasteiger partial charge in [0.15, 0.2) is 0 Å². The van der Waals surface area contributed by atoms with Crippen molar-refractivity contribution in [1.82, 2.24) is 4.98 Å². The van der Waals surface area contributed by atoms with Gasteiger partial charge in [-0.05, 0) is 37.1 Å². The fourth-order valence-corrected chi connectivity index (χ4v) is 3.35. The van der Waals surface area contributed by atoms with Crippen molar-refractivity contribution in [1.29, 1.82) is 0 Å². The number of halogens is 2. The van der Waals surface area contributed by atoms with Crippen LogP contribution in [0.2, 0.25) is 5.02 Å². The number of pyridine rings is 1. The van der Waals surface area contributed by atoms with Crippen LogP contribution in [-0.4, -0.2) is 16.7 Å². The normalized spacial score (nSPS) is 17.0. The minimum atomic E-state index is -0.309. The molecule has 23 heavy (non-hydrogen) atoms. The summed E-state index contributed by atoms with van der Waals surface area (Å²) in [5.41, 5.74) is 4.30. The molecule has 3 aromatic rings. The third kappa shape index (κ3) is 2.41. The highest BCUT2D eigenvalue weighted by atomic mass is 35.5. The van der Waals surface area contributed by atoms with Gasteiger partial charge >= 0.3 is 0 Å². The lowest BCUT2D eigenvalue weighted by Crippen LogP contribution is -2.20. The van der Waals surface area contributed by atoms with Crippen molar-refractivity contribution in [2.24, 2.45) is 4.99 Å². The Morgan fingerprint density at radius 2 is 2.00 bits per heavy atom. The fourth-order valence-electron chi connectivity index (χ4n) is 3.10. The van der Waals surface area contributed by atoms with Crippen molar-refractivity contribution in [3.05, 3.63) is 76.2 Å². The molecule has 0 N–H and O–H groups in total. The van der Waals surface area contributed by atoms with Gasteiger partial charge < -0.3 is 0 Å². The Morgan fingerprint density at radius 3 is 2.87 bits per heavy atom. The molecule has 0 bridgehead atoms. The van der Waals surface area contributed by atoms with E-state index in [2.05, 4.69) is 11.9 Å². The molecule has 0 radical (unpaired) electrons. The van der Waals surface area contributed by atoms with E-state index in [0.29, 0.717) is 5.52 Å². The van der Waals surface area contributed by atoms with Crippen LogP contribution in [-0.2, 0) is 6.42 Å². The second-order valence-corrected chi connectivity index (χ2v) is 6.24. The third-order valence-electron chi connectivity index (χ3n) is 4.16. The summed E-state index contributed by atoms with van der Waals surface area (Å²) in [7, 11) is 0. The maximum absolute atomic E-state index is 13.8. The summed E-state index contributed by atoms with van der Waals surface area (Å²) >= 11 is 6.36. The maximum atomic E-state index is 13.8. The molecule has 2 nitrogen and oxygen atoms in total. The number of rotatable bonds is 1. The Hall–Kier alpha value is -2.26. The summed E-state index contributed by atoms with van der Waals surface area (Å²) in [5, 5.41) is 1.54. The van der Waals surface area contributed by atoms with Crippen LogP contribution in [0.25, 0.3) is 10.9 Å². The third-order valence-corrected chi connectivity index (χ3v) is 4.51. The number of para-hydroxylation sites is 1. The molecule has 0 saturated carbocycles. The van der Waals surface area contributed by atoms with E-state index < -0.39 is 0 Å². The summed E-state index contributed by atoms with van der Waals surface area (Å²) in [5.74, 6) is -0.309. The van der Waals surface area contributed by atoms with E-state index in [1.165, 1.54) is 6.07 Å². The molecule has 114 valence electrons. The van der Waals surface area contributed by atoms with Gasteiger partial charge in [-0.2, -0.15) is 0 Å². The fraction of sp³-hybridized carbons (Fsp3) is 0.158. The first-order valence-corrected chi connectivity index (χ1v) is 7.91. The van der Waals surface area contributed by atoms with Crippen LogP contribution in [0.15, 0.2) is 53.7 Å². The molecular weight excluding hydrogens is 311 g/mol. The van der Waals surface area contributed by atoms with Crippen molar-refractivity contribution in [3.63, 3.8) is 0 Å². The molecule has 1 aliphatic rings. The number of benzene rings is 2. The van der Waals surface area contributed by atoms with E-state index in [4.69, 9.17) is 16.6 Å². The lowest BCUT2D eigenvalue weighted by atomic mass is 9.91. The standard InChI is InChI=1S/C19H14ClFN2/c1-11-8-15-14(5-3-6-16(15)20)18(23-11)13-9-12-4-2-7-17(21)19(12)22-10-13/h2-7,9-11H,8H2,1H3/t11-/m1/s1. The van der Waals surface area contributed by atoms with Crippen LogP contribution >= 0.6 is 11.6 Å². The van der Waals surface area contributed by atoms with Crippen molar-refractivity contribution in [2.75, 3.05) is 0 Å². The van der Waals surface area contributed by atoms with Crippen LogP contribution in [0.4, 0.5) is 4.39 Å². The van der Waals surface area contributed by atoms with Gasteiger partial charge in [-0.15, -0.1) is 0 Å². The first-order chi connectivity index (χ1) is 11.1. The molecule has 1 atom stereocenters. The summed E-state index contributed by atoms with van der Waals surface area (Å²) in [6, 6.07) is 12.9. The number of fused-ring (bicyclic) bond motifs is 2. The highest BCUT2D eigenvalue weighted by molar-refractivity contribution is 6.32. The highest BCUT2D eigenvalue weighted by Gasteiger charge is 2.22. The number of nitrogens with zero attached hydrogens (tertiary/aromatic N) is 2. The van der Waals surface area contributed by atoms with E-state index in [9.17, 15) is 4.39 Å². The first-order valence-electron chi connectivity index (χ1n) is 7.53. The van der Waals surface area contributed by atoms with Crippen LogP contribution in [0.3, 0.4) is 0 Å². The van der Waals surface area contributed by atoms with Crippen molar-refractivity contribution in [3.8, 4) is 0 Å². The van der Waals surface area contributed by atoms with E-state index in [-0.39, 0.29) is 11.9 Å². The van der Waals surface area contributed by atoms with Gasteiger partial charge in [-0.1, -0.05) is 35.9 Å². The minimum absolute atomic E-state index is 0.153. The minimum Gasteiger partial charge on any atom is -0.281 e. The molecule has 0 spiro atoms. The first kappa shape index (κ1) is 14.3. The smallest absolute Gasteiger partial charge is 0.149 e. The largest absolute Gasteiger partial charge is 0.281 e. The number of aliphatic imine (C=N–C) groups is 1. The van der Waals surface area contributed by atoms with Gasteiger partial charge in [0.1, 0.15) is 11.3 Å². The molecule has 1 aromatic heterocycles. The van der Waals surface area contributed by atoms with Crippen molar-refractivity contribution < 1.29 is 4.39 Å². The summed E-state index contributed by atoms with van der Waals surface area (Å²) in [6.07, 6.45) is 2.51. The average molecular weight is 325 g/mol. The average Bonchev–Trinajstić information content (AvgIpc) is 2.55. The molecule has 0 amide bonds. The van der Waals surface area contributed by atoms with Gasteiger partial charge in [-0.3, -0.25) is 9.98 Å². The molecule has 0 unspecified atom stereocenters. The van der Waals surface area contributed by atoms with E-state index >= 15 is 0 Å². The zero-order valence-corrected chi connectivity index (χ0v) is 13.3. The Bertz CT molecular complexity index is 949. The molecule has 1 aliphatic heterocycles. The van der Waals surface area contributed by atoms with Crippen LogP contribution < -0.4 is 0 Å². The van der Waals surface area contributed by atoms with E-state index in [1.807, 2.05) is 30.3 Å². The summed E-state index contributed by atoms with van der Waals surface area (Å²) in [6.45, 7) is 2.07. The maximum Gasteiger partial charge on any atom is 0.149 e. The predicted molar refractivity (Wildman–Crippen MR) is 92.0 cm³/mol. The van der Waals surface area contributed by atoms with Gasteiger partial charge in [-0.25, -0.2) is 4.39 Å². The zero-order chi connectivity index (χ0) is 16.0. The Balaban J connectivity index is 1.92. The van der Waals surface area contributed by atoms with E-state index in [0.717, 1.165) is 39.2 Å². The lowest BCUT2D eigenvalue weighted by molar-refractivity contribution is 0.637. The van der Waals surface area contributed by atoms with Crippen molar-refractivity contribution >= 4 is 28.2 Å². The second-order valence-electron chi connectivity index (χ2n) is 5.83. The quantitative estimate of drug-likeness (QED) is 0.630. The van der Waals surface area contributed by atoms with Gasteiger partial charge in [0.25, 0.3) is 0 Å². The van der Waals surface area contributed by atoms with Gasteiger partial charge in [0.05, 0.1) is 11.8 Å². The van der Waals surface area contributed by atoms with Crippen molar-refractivity contribution in [2.45, 2.75) is 19.4 Å². The lowest BCUT2D eigenvalue weighted by Gasteiger charge is -2.22. The zero-order valence-electron chi connectivity index (χ0n) is 12.6. The van der Waals surface area contributed by atoms with Gasteiger partial charge in [0, 0.05) is 27.7 Å². The molecule has 2 heterocycles. The Labute approximate surface area is 138 Å².